The van der Waals surface area contributed by atoms with E-state index in [0.29, 0.717) is 0 Å². The van der Waals surface area contributed by atoms with Crippen molar-refractivity contribution in [3.8, 4) is 5.75 Å². The first-order valence-electron chi connectivity index (χ1n) is 7.13. The van der Waals surface area contributed by atoms with Crippen LogP contribution in [0.5, 0.6) is 5.75 Å². The molecule has 3 N–H and O–H groups in total. The summed E-state index contributed by atoms with van der Waals surface area (Å²) in [5.41, 5.74) is 5.76. The van der Waals surface area contributed by atoms with Gasteiger partial charge in [0.15, 0.2) is 17.4 Å². The van der Waals surface area contributed by atoms with Gasteiger partial charge in [-0.25, -0.2) is 4.39 Å². The average Bonchev–Trinajstić information content (AvgIpc) is 2.48. The molecule has 1 unspecified atom stereocenters. The molecule has 6 heteroatoms. The standard InChI is InChI=1S/C15H22BrFN2O2/c1-3-4-5-6-7-10(2)21-12-9-8-11(15(18)19-20)13(16)14(12)17/h8-10,20H,3-7H2,1-2H3,(H2,18,19). The molecule has 0 radical (unpaired) electrons. The van der Waals surface area contributed by atoms with Crippen LogP contribution in [0.1, 0.15) is 51.5 Å². The summed E-state index contributed by atoms with van der Waals surface area (Å²) in [6.07, 6.45) is 5.46. The van der Waals surface area contributed by atoms with Gasteiger partial charge in [0.05, 0.1) is 10.6 Å². The quantitative estimate of drug-likeness (QED) is 0.237. The second kappa shape index (κ2) is 8.87. The van der Waals surface area contributed by atoms with Crippen molar-refractivity contribution in [2.45, 2.75) is 52.1 Å². The minimum Gasteiger partial charge on any atom is -0.488 e. The van der Waals surface area contributed by atoms with E-state index in [0.717, 1.165) is 12.8 Å². The van der Waals surface area contributed by atoms with Crippen molar-refractivity contribution in [3.63, 3.8) is 0 Å². The molecule has 0 aromatic heterocycles. The second-order valence-corrected chi connectivity index (χ2v) is 5.80. The van der Waals surface area contributed by atoms with Crippen molar-refractivity contribution >= 4 is 21.8 Å². The predicted octanol–water partition coefficient (Wildman–Crippen LogP) is 4.42. The highest BCUT2D eigenvalue weighted by Gasteiger charge is 2.16. The summed E-state index contributed by atoms with van der Waals surface area (Å²) in [6, 6.07) is 3.05. The number of amidine groups is 1. The Morgan fingerprint density at radius 2 is 2.14 bits per heavy atom. The minimum absolute atomic E-state index is 0.0574. The third-order valence-corrected chi connectivity index (χ3v) is 4.00. The lowest BCUT2D eigenvalue weighted by Gasteiger charge is -2.16. The average molecular weight is 361 g/mol. The molecular weight excluding hydrogens is 339 g/mol. The van der Waals surface area contributed by atoms with Gasteiger partial charge >= 0.3 is 0 Å². The highest BCUT2D eigenvalue weighted by atomic mass is 79.9. The highest BCUT2D eigenvalue weighted by molar-refractivity contribution is 9.10. The van der Waals surface area contributed by atoms with Crippen molar-refractivity contribution in [1.82, 2.24) is 0 Å². The van der Waals surface area contributed by atoms with Crippen molar-refractivity contribution in [2.75, 3.05) is 0 Å². The van der Waals surface area contributed by atoms with Crippen LogP contribution in [0.4, 0.5) is 4.39 Å². The van der Waals surface area contributed by atoms with E-state index in [9.17, 15) is 4.39 Å². The number of halogens is 2. The zero-order valence-corrected chi connectivity index (χ0v) is 14.0. The van der Waals surface area contributed by atoms with Gasteiger partial charge in [0.2, 0.25) is 0 Å². The summed E-state index contributed by atoms with van der Waals surface area (Å²) < 4.78 is 20.0. The fourth-order valence-electron chi connectivity index (χ4n) is 2.01. The predicted molar refractivity (Wildman–Crippen MR) is 85.5 cm³/mol. The van der Waals surface area contributed by atoms with Crippen LogP contribution >= 0.6 is 15.9 Å². The molecule has 0 bridgehead atoms. The maximum absolute atomic E-state index is 14.2. The Hall–Kier alpha value is -1.30. The molecule has 1 aromatic rings. The zero-order valence-electron chi connectivity index (χ0n) is 12.4. The molecule has 0 aliphatic heterocycles. The maximum atomic E-state index is 14.2. The van der Waals surface area contributed by atoms with Gasteiger partial charge in [-0.05, 0) is 47.8 Å². The molecule has 0 amide bonds. The molecule has 0 aliphatic rings. The fourth-order valence-corrected chi connectivity index (χ4v) is 2.54. The van der Waals surface area contributed by atoms with E-state index in [4.69, 9.17) is 15.7 Å². The van der Waals surface area contributed by atoms with Crippen molar-refractivity contribution in [3.05, 3.63) is 28.0 Å². The van der Waals surface area contributed by atoms with Gasteiger partial charge in [-0.1, -0.05) is 31.3 Å². The first-order valence-corrected chi connectivity index (χ1v) is 7.93. The van der Waals surface area contributed by atoms with Gasteiger partial charge in [-0.15, -0.1) is 0 Å². The van der Waals surface area contributed by atoms with E-state index in [2.05, 4.69) is 28.0 Å². The molecule has 4 nitrogen and oxygen atoms in total. The molecule has 0 aliphatic carbocycles. The lowest BCUT2D eigenvalue weighted by Crippen LogP contribution is -2.16. The van der Waals surface area contributed by atoms with Crippen LogP contribution in [0, 0.1) is 5.82 Å². The molecule has 1 atom stereocenters. The van der Waals surface area contributed by atoms with Crippen molar-refractivity contribution < 1.29 is 14.3 Å². The molecule has 21 heavy (non-hydrogen) atoms. The van der Waals surface area contributed by atoms with Crippen LogP contribution in [0.25, 0.3) is 0 Å². The molecule has 0 saturated carbocycles. The smallest absolute Gasteiger partial charge is 0.179 e. The van der Waals surface area contributed by atoms with Gasteiger partial charge in [0, 0.05) is 5.56 Å². The largest absolute Gasteiger partial charge is 0.488 e. The van der Waals surface area contributed by atoms with E-state index in [1.165, 1.54) is 25.3 Å². The van der Waals surface area contributed by atoms with Crippen LogP contribution in [0.3, 0.4) is 0 Å². The van der Waals surface area contributed by atoms with E-state index >= 15 is 0 Å². The van der Waals surface area contributed by atoms with Gasteiger partial charge in [-0.3, -0.25) is 0 Å². The van der Waals surface area contributed by atoms with E-state index in [1.54, 1.807) is 6.07 Å². The molecule has 118 valence electrons. The Morgan fingerprint density at radius 3 is 2.76 bits per heavy atom. The minimum atomic E-state index is -0.542. The molecular formula is C15H22BrFN2O2. The van der Waals surface area contributed by atoms with Crippen molar-refractivity contribution in [1.29, 1.82) is 0 Å². The summed E-state index contributed by atoms with van der Waals surface area (Å²) in [7, 11) is 0. The Labute approximate surface area is 133 Å². The van der Waals surface area contributed by atoms with E-state index < -0.39 is 5.82 Å². The number of rotatable bonds is 8. The van der Waals surface area contributed by atoms with Gasteiger partial charge < -0.3 is 15.7 Å². The van der Waals surface area contributed by atoms with E-state index in [-0.39, 0.29) is 27.7 Å². The molecule has 0 saturated heterocycles. The fraction of sp³-hybridized carbons (Fsp3) is 0.533. The summed E-state index contributed by atoms with van der Waals surface area (Å²) in [5.74, 6) is -0.529. The Morgan fingerprint density at radius 1 is 1.43 bits per heavy atom. The Balaban J connectivity index is 2.70. The molecule has 1 aromatic carbocycles. The van der Waals surface area contributed by atoms with Gasteiger partial charge in [0.1, 0.15) is 0 Å². The second-order valence-electron chi connectivity index (χ2n) is 5.00. The van der Waals surface area contributed by atoms with Gasteiger partial charge in [-0.2, -0.15) is 0 Å². The monoisotopic (exact) mass is 360 g/mol. The zero-order chi connectivity index (χ0) is 15.8. The first kappa shape index (κ1) is 17.8. The summed E-state index contributed by atoms with van der Waals surface area (Å²) >= 11 is 3.11. The number of benzene rings is 1. The molecule has 0 fully saturated rings. The summed E-state index contributed by atoms with van der Waals surface area (Å²) in [5, 5.41) is 11.5. The highest BCUT2D eigenvalue weighted by Crippen LogP contribution is 2.29. The first-order chi connectivity index (χ1) is 10.0. The number of ether oxygens (including phenoxy) is 1. The number of nitrogens with zero attached hydrogens (tertiary/aromatic N) is 1. The Kier molecular flexibility index (Phi) is 7.50. The lowest BCUT2D eigenvalue weighted by atomic mass is 10.1. The number of hydrogen-bond donors (Lipinski definition) is 2. The van der Waals surface area contributed by atoms with Crippen LogP contribution in [-0.2, 0) is 0 Å². The third kappa shape index (κ3) is 5.19. The maximum Gasteiger partial charge on any atom is 0.179 e. The van der Waals surface area contributed by atoms with Crippen LogP contribution < -0.4 is 10.5 Å². The van der Waals surface area contributed by atoms with Crippen LogP contribution in [0.15, 0.2) is 21.8 Å². The van der Waals surface area contributed by atoms with Crippen molar-refractivity contribution in [2.24, 2.45) is 10.9 Å². The topological polar surface area (TPSA) is 67.8 Å². The summed E-state index contributed by atoms with van der Waals surface area (Å²) in [4.78, 5) is 0. The number of nitrogens with two attached hydrogens (primary N) is 1. The normalized spacial score (nSPS) is 13.2. The van der Waals surface area contributed by atoms with E-state index in [1.807, 2.05) is 6.92 Å². The molecule has 0 heterocycles. The Bertz CT molecular complexity index is 495. The molecule has 1 rings (SSSR count). The SMILES string of the molecule is CCCCCCC(C)Oc1ccc(/C(N)=N/O)c(Br)c1F. The molecule has 0 spiro atoms. The van der Waals surface area contributed by atoms with Crippen LogP contribution in [-0.4, -0.2) is 17.1 Å². The lowest BCUT2D eigenvalue weighted by molar-refractivity contribution is 0.197. The summed E-state index contributed by atoms with van der Waals surface area (Å²) in [6.45, 7) is 4.09. The van der Waals surface area contributed by atoms with Crippen LogP contribution in [0.2, 0.25) is 0 Å². The number of oxime groups is 1. The third-order valence-electron chi connectivity index (χ3n) is 3.22. The number of hydrogen-bond acceptors (Lipinski definition) is 3. The van der Waals surface area contributed by atoms with Gasteiger partial charge in [0.25, 0.3) is 0 Å². The number of unbranched alkanes of at least 4 members (excludes halogenated alkanes) is 3.